The van der Waals surface area contributed by atoms with E-state index >= 15 is 0 Å². The summed E-state index contributed by atoms with van der Waals surface area (Å²) in [6.07, 6.45) is -0.679. The van der Waals surface area contributed by atoms with E-state index in [1.165, 1.54) is 0 Å². The summed E-state index contributed by atoms with van der Waals surface area (Å²) in [6.45, 7) is 6.36. The number of hydrogen-bond acceptors (Lipinski definition) is 4. The van der Waals surface area contributed by atoms with Gasteiger partial charge in [-0.3, -0.25) is 0 Å². The van der Waals surface area contributed by atoms with Crippen LogP contribution in [0.4, 0.5) is 0 Å². The minimum atomic E-state index is -0.679. The Kier molecular flexibility index (Phi) is 5.82. The summed E-state index contributed by atoms with van der Waals surface area (Å²) in [5.41, 5.74) is 1.59. The van der Waals surface area contributed by atoms with Gasteiger partial charge in [0.05, 0.1) is 5.56 Å². The van der Waals surface area contributed by atoms with Crippen LogP contribution in [0.5, 0.6) is 0 Å². The smallest absolute Gasteiger partial charge is 0.338 e. The lowest BCUT2D eigenvalue weighted by atomic mass is 10.1. The number of hydrogen-bond donors (Lipinski definition) is 2. The first kappa shape index (κ1) is 14.7. The summed E-state index contributed by atoms with van der Waals surface area (Å²) >= 11 is 0. The Morgan fingerprint density at radius 3 is 2.50 bits per heavy atom. The van der Waals surface area contributed by atoms with Crippen LogP contribution in [0, 0.1) is 6.92 Å². The second kappa shape index (κ2) is 7.13. The molecule has 0 fully saturated rings. The van der Waals surface area contributed by atoms with Crippen molar-refractivity contribution in [2.45, 2.75) is 32.9 Å². The van der Waals surface area contributed by atoms with Gasteiger partial charge in [0, 0.05) is 12.6 Å². The summed E-state index contributed by atoms with van der Waals surface area (Å²) in [5.74, 6) is -0.404. The molecule has 0 aliphatic rings. The first-order valence-corrected chi connectivity index (χ1v) is 6.14. The fourth-order valence-electron chi connectivity index (χ4n) is 1.38. The van der Waals surface area contributed by atoms with E-state index in [2.05, 4.69) is 5.32 Å². The van der Waals surface area contributed by atoms with Gasteiger partial charge < -0.3 is 15.2 Å². The summed E-state index contributed by atoms with van der Waals surface area (Å²) in [4.78, 5) is 11.6. The quantitative estimate of drug-likeness (QED) is 0.752. The van der Waals surface area contributed by atoms with Gasteiger partial charge in [0.15, 0.2) is 0 Å². The minimum Gasteiger partial charge on any atom is -0.459 e. The molecular formula is C14H21NO3. The van der Waals surface area contributed by atoms with Gasteiger partial charge in [-0.2, -0.15) is 0 Å². The molecule has 0 bridgehead atoms. The summed E-state index contributed by atoms with van der Waals surface area (Å²) in [7, 11) is 0. The average molecular weight is 251 g/mol. The van der Waals surface area contributed by atoms with E-state index < -0.39 is 12.1 Å². The van der Waals surface area contributed by atoms with Crippen LogP contribution in [0.15, 0.2) is 24.3 Å². The van der Waals surface area contributed by atoms with E-state index in [9.17, 15) is 9.90 Å². The molecule has 1 atom stereocenters. The highest BCUT2D eigenvalue weighted by atomic mass is 16.5. The highest BCUT2D eigenvalue weighted by molar-refractivity contribution is 5.89. The second-order valence-corrected chi connectivity index (χ2v) is 4.68. The van der Waals surface area contributed by atoms with E-state index in [0.29, 0.717) is 18.2 Å². The standard InChI is InChI=1S/C14H21NO3/c1-10(2)15-8-13(16)9-18-14(17)12-6-4-11(3)5-7-12/h4-7,10,13,15-16H,8-9H2,1-3H3. The van der Waals surface area contributed by atoms with Gasteiger partial charge in [-0.25, -0.2) is 4.79 Å². The maximum Gasteiger partial charge on any atom is 0.338 e. The first-order valence-electron chi connectivity index (χ1n) is 6.14. The SMILES string of the molecule is Cc1ccc(C(=O)OCC(O)CNC(C)C)cc1. The van der Waals surface area contributed by atoms with Crippen molar-refractivity contribution < 1.29 is 14.6 Å². The molecule has 0 saturated heterocycles. The molecule has 1 rings (SSSR count). The Labute approximate surface area is 108 Å². The number of aryl methyl sites for hydroxylation is 1. The molecule has 0 radical (unpaired) electrons. The molecule has 1 unspecified atom stereocenters. The number of aliphatic hydroxyl groups is 1. The van der Waals surface area contributed by atoms with E-state index in [0.717, 1.165) is 5.56 Å². The average Bonchev–Trinajstić information content (AvgIpc) is 2.34. The largest absolute Gasteiger partial charge is 0.459 e. The predicted octanol–water partition coefficient (Wildman–Crippen LogP) is 1.51. The lowest BCUT2D eigenvalue weighted by molar-refractivity contribution is 0.0256. The third-order valence-corrected chi connectivity index (χ3v) is 2.46. The molecule has 2 N–H and O–H groups in total. The molecule has 0 aromatic heterocycles. The molecule has 4 heteroatoms. The maximum atomic E-state index is 11.6. The van der Waals surface area contributed by atoms with Crippen molar-refractivity contribution in [2.24, 2.45) is 0 Å². The van der Waals surface area contributed by atoms with E-state index in [1.54, 1.807) is 12.1 Å². The zero-order valence-electron chi connectivity index (χ0n) is 11.1. The number of aliphatic hydroxyl groups excluding tert-OH is 1. The monoisotopic (exact) mass is 251 g/mol. The molecule has 100 valence electrons. The maximum absolute atomic E-state index is 11.6. The van der Waals surface area contributed by atoms with Gasteiger partial charge in [0.25, 0.3) is 0 Å². The first-order chi connectivity index (χ1) is 8.49. The van der Waals surface area contributed by atoms with Crippen molar-refractivity contribution >= 4 is 5.97 Å². The summed E-state index contributed by atoms with van der Waals surface area (Å²) < 4.78 is 5.03. The van der Waals surface area contributed by atoms with Crippen LogP contribution >= 0.6 is 0 Å². The summed E-state index contributed by atoms with van der Waals surface area (Å²) in [5, 5.41) is 12.7. The predicted molar refractivity (Wildman–Crippen MR) is 70.6 cm³/mol. The van der Waals surface area contributed by atoms with Crippen molar-refractivity contribution in [3.05, 3.63) is 35.4 Å². The number of benzene rings is 1. The second-order valence-electron chi connectivity index (χ2n) is 4.68. The van der Waals surface area contributed by atoms with Crippen molar-refractivity contribution in [3.8, 4) is 0 Å². The summed E-state index contributed by atoms with van der Waals surface area (Å²) in [6, 6.07) is 7.44. The Bertz CT molecular complexity index is 373. The third-order valence-electron chi connectivity index (χ3n) is 2.46. The highest BCUT2D eigenvalue weighted by Gasteiger charge is 2.10. The van der Waals surface area contributed by atoms with Gasteiger partial charge >= 0.3 is 5.97 Å². The molecule has 1 aromatic rings. The number of ether oxygens (including phenoxy) is 1. The molecule has 0 heterocycles. The minimum absolute atomic E-state index is 0.00638. The Morgan fingerprint density at radius 1 is 1.33 bits per heavy atom. The molecule has 0 spiro atoms. The van der Waals surface area contributed by atoms with Crippen LogP contribution in [0.25, 0.3) is 0 Å². The number of nitrogens with one attached hydrogen (secondary N) is 1. The van der Waals surface area contributed by atoms with Gasteiger partial charge in [0.1, 0.15) is 12.7 Å². The highest BCUT2D eigenvalue weighted by Crippen LogP contribution is 2.05. The van der Waals surface area contributed by atoms with Crippen LogP contribution in [0.3, 0.4) is 0 Å². The van der Waals surface area contributed by atoms with Crippen molar-refractivity contribution in [3.63, 3.8) is 0 Å². The molecule has 0 amide bonds. The van der Waals surface area contributed by atoms with Crippen molar-refractivity contribution in [2.75, 3.05) is 13.2 Å². The Balaban J connectivity index is 2.34. The molecule has 0 aliphatic carbocycles. The van der Waals surface area contributed by atoms with Crippen molar-refractivity contribution in [1.29, 1.82) is 0 Å². The number of esters is 1. The normalized spacial score (nSPS) is 12.5. The lowest BCUT2D eigenvalue weighted by Gasteiger charge is -2.14. The zero-order chi connectivity index (χ0) is 13.5. The van der Waals surface area contributed by atoms with Gasteiger partial charge in [0.2, 0.25) is 0 Å². The zero-order valence-corrected chi connectivity index (χ0v) is 11.1. The van der Waals surface area contributed by atoms with Crippen LogP contribution in [-0.4, -0.2) is 36.4 Å². The molecule has 0 saturated carbocycles. The molecular weight excluding hydrogens is 230 g/mol. The molecule has 1 aromatic carbocycles. The number of rotatable bonds is 6. The Hall–Kier alpha value is -1.39. The fraction of sp³-hybridized carbons (Fsp3) is 0.500. The number of carbonyl (C=O) groups is 1. The van der Waals surface area contributed by atoms with E-state index in [4.69, 9.17) is 4.74 Å². The van der Waals surface area contributed by atoms with Crippen LogP contribution in [0.2, 0.25) is 0 Å². The van der Waals surface area contributed by atoms with E-state index in [1.807, 2.05) is 32.9 Å². The number of carbonyl (C=O) groups excluding carboxylic acids is 1. The van der Waals surface area contributed by atoms with Crippen LogP contribution < -0.4 is 5.32 Å². The van der Waals surface area contributed by atoms with Crippen LogP contribution in [-0.2, 0) is 4.74 Å². The molecule has 18 heavy (non-hydrogen) atoms. The Morgan fingerprint density at radius 2 is 1.94 bits per heavy atom. The molecule has 0 aliphatic heterocycles. The molecule has 4 nitrogen and oxygen atoms in total. The van der Waals surface area contributed by atoms with Gasteiger partial charge in [-0.1, -0.05) is 31.5 Å². The fourth-order valence-corrected chi connectivity index (χ4v) is 1.38. The lowest BCUT2D eigenvalue weighted by Crippen LogP contribution is -2.35. The van der Waals surface area contributed by atoms with Crippen LogP contribution in [0.1, 0.15) is 29.8 Å². The topological polar surface area (TPSA) is 58.6 Å². The van der Waals surface area contributed by atoms with Gasteiger partial charge in [-0.15, -0.1) is 0 Å². The van der Waals surface area contributed by atoms with Crippen molar-refractivity contribution in [1.82, 2.24) is 5.32 Å². The van der Waals surface area contributed by atoms with E-state index in [-0.39, 0.29) is 6.61 Å². The third kappa shape index (κ3) is 5.29. The van der Waals surface area contributed by atoms with Gasteiger partial charge in [-0.05, 0) is 19.1 Å².